The van der Waals surface area contributed by atoms with Crippen LogP contribution in [-0.2, 0) is 0 Å². The van der Waals surface area contributed by atoms with Gasteiger partial charge in [0.2, 0.25) is 0 Å². The van der Waals surface area contributed by atoms with E-state index in [1.165, 1.54) is 0 Å². The van der Waals surface area contributed by atoms with Gasteiger partial charge in [-0.25, -0.2) is 0 Å². The van der Waals surface area contributed by atoms with Crippen LogP contribution in [0.3, 0.4) is 0 Å². The maximum atomic E-state index is 2.31. The van der Waals surface area contributed by atoms with E-state index >= 15 is 0 Å². The molecule has 10 heavy (non-hydrogen) atoms. The molecule has 0 aromatic carbocycles. The predicted molar refractivity (Wildman–Crippen MR) is 43.4 cm³/mol. The minimum atomic E-state index is 0.265. The summed E-state index contributed by atoms with van der Waals surface area (Å²) in [5, 5.41) is 0. The summed E-state index contributed by atoms with van der Waals surface area (Å²) in [4.78, 5) is 4.48. The molecule has 1 aliphatic heterocycles. The minimum absolute atomic E-state index is 0.265. The van der Waals surface area contributed by atoms with Gasteiger partial charge in [-0.3, -0.25) is 0 Å². The van der Waals surface area contributed by atoms with Crippen molar-refractivity contribution in [3.05, 3.63) is 12.4 Å². The standard InChI is InChI=1S/C8H16N2/c1-8(2,3)10-6-5-9(4)7-10/h5-6H,7H2,1-4H3. The fourth-order valence-electron chi connectivity index (χ4n) is 0.965. The summed E-state index contributed by atoms with van der Waals surface area (Å²) >= 11 is 0. The molecule has 0 aromatic heterocycles. The summed E-state index contributed by atoms with van der Waals surface area (Å²) in [6, 6.07) is 0. The molecule has 0 saturated carbocycles. The van der Waals surface area contributed by atoms with E-state index in [0.717, 1.165) is 6.67 Å². The lowest BCUT2D eigenvalue weighted by molar-refractivity contribution is 0.174. The molecule has 0 saturated heterocycles. The fraction of sp³-hybridized carbons (Fsp3) is 0.750. The zero-order valence-electron chi connectivity index (χ0n) is 7.26. The topological polar surface area (TPSA) is 6.48 Å². The Morgan fingerprint density at radius 2 is 1.80 bits per heavy atom. The van der Waals surface area contributed by atoms with Crippen LogP contribution in [0.5, 0.6) is 0 Å². The van der Waals surface area contributed by atoms with Gasteiger partial charge in [-0.15, -0.1) is 0 Å². The molecular formula is C8H16N2. The van der Waals surface area contributed by atoms with Crippen LogP contribution in [0.1, 0.15) is 20.8 Å². The number of nitrogens with zero attached hydrogens (tertiary/aromatic N) is 2. The second-order valence-electron chi connectivity index (χ2n) is 3.84. The Hall–Kier alpha value is -0.660. The minimum Gasteiger partial charge on any atom is -0.362 e. The van der Waals surface area contributed by atoms with Gasteiger partial charge in [0, 0.05) is 25.0 Å². The van der Waals surface area contributed by atoms with Crippen molar-refractivity contribution in [1.82, 2.24) is 9.80 Å². The lowest BCUT2D eigenvalue weighted by Gasteiger charge is -2.32. The maximum Gasteiger partial charge on any atom is 0.0895 e. The summed E-state index contributed by atoms with van der Waals surface area (Å²) in [6.07, 6.45) is 4.24. The largest absolute Gasteiger partial charge is 0.362 e. The highest BCUT2D eigenvalue weighted by atomic mass is 15.4. The molecule has 58 valence electrons. The van der Waals surface area contributed by atoms with E-state index < -0.39 is 0 Å². The summed E-state index contributed by atoms with van der Waals surface area (Å²) in [5.41, 5.74) is 0.265. The molecule has 0 aromatic rings. The molecule has 0 amide bonds. The van der Waals surface area contributed by atoms with Crippen molar-refractivity contribution in [2.45, 2.75) is 26.3 Å². The molecule has 0 fully saturated rings. The molecular weight excluding hydrogens is 124 g/mol. The average molecular weight is 140 g/mol. The van der Waals surface area contributed by atoms with Crippen molar-refractivity contribution in [3.8, 4) is 0 Å². The van der Waals surface area contributed by atoms with Crippen LogP contribution in [0.4, 0.5) is 0 Å². The normalized spacial score (nSPS) is 18.8. The van der Waals surface area contributed by atoms with Gasteiger partial charge in [-0.05, 0) is 20.8 Å². The van der Waals surface area contributed by atoms with Gasteiger partial charge in [0.1, 0.15) is 0 Å². The number of hydrogen-bond acceptors (Lipinski definition) is 2. The number of rotatable bonds is 0. The molecule has 1 aliphatic rings. The molecule has 0 unspecified atom stereocenters. The van der Waals surface area contributed by atoms with E-state index in [1.807, 2.05) is 0 Å². The van der Waals surface area contributed by atoms with Crippen LogP contribution in [0.15, 0.2) is 12.4 Å². The first-order chi connectivity index (χ1) is 4.50. The van der Waals surface area contributed by atoms with Crippen molar-refractivity contribution in [2.75, 3.05) is 13.7 Å². The van der Waals surface area contributed by atoms with E-state index in [0.29, 0.717) is 0 Å². The van der Waals surface area contributed by atoms with Crippen molar-refractivity contribution in [3.63, 3.8) is 0 Å². The highest BCUT2D eigenvalue weighted by Gasteiger charge is 2.21. The third-order valence-corrected chi connectivity index (χ3v) is 1.74. The Bertz CT molecular complexity index is 144. The molecule has 0 bridgehead atoms. The van der Waals surface area contributed by atoms with Gasteiger partial charge < -0.3 is 9.80 Å². The Labute approximate surface area is 63.1 Å². The van der Waals surface area contributed by atoms with Crippen molar-refractivity contribution in [1.29, 1.82) is 0 Å². The molecule has 0 atom stereocenters. The molecule has 0 aliphatic carbocycles. The van der Waals surface area contributed by atoms with Crippen LogP contribution >= 0.6 is 0 Å². The second kappa shape index (κ2) is 2.19. The van der Waals surface area contributed by atoms with Crippen LogP contribution < -0.4 is 0 Å². The zero-order valence-corrected chi connectivity index (χ0v) is 7.26. The van der Waals surface area contributed by atoms with Gasteiger partial charge in [0.15, 0.2) is 0 Å². The Morgan fingerprint density at radius 3 is 2.00 bits per heavy atom. The lowest BCUT2D eigenvalue weighted by atomic mass is 10.1. The predicted octanol–water partition coefficient (Wildman–Crippen LogP) is 1.46. The van der Waals surface area contributed by atoms with Crippen molar-refractivity contribution >= 4 is 0 Å². The van der Waals surface area contributed by atoms with Gasteiger partial charge in [-0.2, -0.15) is 0 Å². The van der Waals surface area contributed by atoms with Crippen molar-refractivity contribution in [2.24, 2.45) is 0 Å². The average Bonchev–Trinajstić information content (AvgIpc) is 2.11. The van der Waals surface area contributed by atoms with E-state index in [-0.39, 0.29) is 5.54 Å². The molecule has 2 nitrogen and oxygen atoms in total. The highest BCUT2D eigenvalue weighted by molar-refractivity contribution is 4.94. The summed E-state index contributed by atoms with van der Waals surface area (Å²) < 4.78 is 0. The number of hydrogen-bond donors (Lipinski definition) is 0. The first-order valence-electron chi connectivity index (χ1n) is 3.65. The van der Waals surface area contributed by atoms with Gasteiger partial charge in [0.25, 0.3) is 0 Å². The molecule has 1 heterocycles. The van der Waals surface area contributed by atoms with Crippen LogP contribution in [-0.4, -0.2) is 29.1 Å². The van der Waals surface area contributed by atoms with E-state index in [4.69, 9.17) is 0 Å². The Morgan fingerprint density at radius 1 is 1.20 bits per heavy atom. The third-order valence-electron chi connectivity index (χ3n) is 1.74. The monoisotopic (exact) mass is 140 g/mol. The maximum absolute atomic E-state index is 2.31. The smallest absolute Gasteiger partial charge is 0.0895 e. The van der Waals surface area contributed by atoms with Crippen molar-refractivity contribution < 1.29 is 0 Å². The molecule has 2 heteroatoms. The second-order valence-corrected chi connectivity index (χ2v) is 3.84. The van der Waals surface area contributed by atoms with Gasteiger partial charge >= 0.3 is 0 Å². The van der Waals surface area contributed by atoms with Crippen LogP contribution in [0, 0.1) is 0 Å². The fourth-order valence-corrected chi connectivity index (χ4v) is 0.965. The summed E-state index contributed by atoms with van der Waals surface area (Å²) in [7, 11) is 2.09. The van der Waals surface area contributed by atoms with Crippen LogP contribution in [0.25, 0.3) is 0 Å². The SMILES string of the molecule is CN1C=CN(C(C)(C)C)C1. The zero-order chi connectivity index (χ0) is 7.78. The molecule has 1 rings (SSSR count). The summed E-state index contributed by atoms with van der Waals surface area (Å²) in [5.74, 6) is 0. The molecule has 0 radical (unpaired) electrons. The highest BCUT2D eigenvalue weighted by Crippen LogP contribution is 2.17. The Balaban J connectivity index is 2.55. The summed E-state index contributed by atoms with van der Waals surface area (Å²) in [6.45, 7) is 7.67. The van der Waals surface area contributed by atoms with Gasteiger partial charge in [-0.1, -0.05) is 0 Å². The first-order valence-corrected chi connectivity index (χ1v) is 3.65. The Kier molecular flexibility index (Phi) is 1.63. The van der Waals surface area contributed by atoms with E-state index in [1.54, 1.807) is 0 Å². The first kappa shape index (κ1) is 7.45. The molecule has 0 N–H and O–H groups in total. The quantitative estimate of drug-likeness (QED) is 0.502. The van der Waals surface area contributed by atoms with E-state index in [2.05, 4.69) is 50.0 Å². The lowest BCUT2D eigenvalue weighted by Crippen LogP contribution is -2.38. The molecule has 0 spiro atoms. The third kappa shape index (κ3) is 1.43. The van der Waals surface area contributed by atoms with Gasteiger partial charge in [0.05, 0.1) is 6.67 Å². The van der Waals surface area contributed by atoms with Crippen LogP contribution in [0.2, 0.25) is 0 Å². The van der Waals surface area contributed by atoms with E-state index in [9.17, 15) is 0 Å².